The number of hydrogen-bond donors (Lipinski definition) is 1. The fraction of sp³-hybridized carbons (Fsp3) is 0.929. The van der Waals surface area contributed by atoms with E-state index in [9.17, 15) is 4.79 Å². The Labute approximate surface area is 121 Å². The number of halogens is 1. The molecule has 3 aliphatic rings. The second-order valence-electron chi connectivity index (χ2n) is 5.91. The van der Waals surface area contributed by atoms with Crippen LogP contribution >= 0.6 is 12.4 Å². The van der Waals surface area contributed by atoms with Crippen LogP contribution in [-0.2, 0) is 9.53 Å². The van der Waals surface area contributed by atoms with Crippen molar-refractivity contribution in [2.75, 3.05) is 26.2 Å². The number of fused-ring (bicyclic) bond motifs is 1. The second kappa shape index (κ2) is 6.91. The molecule has 0 aromatic rings. The van der Waals surface area contributed by atoms with Crippen LogP contribution in [0.25, 0.3) is 0 Å². The molecule has 3 saturated heterocycles. The number of carbonyl (C=O) groups is 1. The van der Waals surface area contributed by atoms with Crippen molar-refractivity contribution in [3.05, 3.63) is 0 Å². The summed E-state index contributed by atoms with van der Waals surface area (Å²) in [5, 5.41) is 3.54. The van der Waals surface area contributed by atoms with Gasteiger partial charge in [-0.15, -0.1) is 12.4 Å². The molecule has 1 N–H and O–H groups in total. The Kier molecular flexibility index (Phi) is 5.48. The quantitative estimate of drug-likeness (QED) is 0.857. The van der Waals surface area contributed by atoms with Gasteiger partial charge in [0, 0.05) is 32.2 Å². The molecule has 0 aromatic carbocycles. The molecule has 0 bridgehead atoms. The minimum Gasteiger partial charge on any atom is -0.378 e. The average molecular weight is 289 g/mol. The fourth-order valence-corrected chi connectivity index (χ4v) is 3.59. The van der Waals surface area contributed by atoms with Gasteiger partial charge in [-0.2, -0.15) is 0 Å². The molecule has 0 aromatic heterocycles. The van der Waals surface area contributed by atoms with E-state index in [0.29, 0.717) is 30.4 Å². The van der Waals surface area contributed by atoms with Crippen molar-refractivity contribution in [3.8, 4) is 0 Å². The highest BCUT2D eigenvalue weighted by Crippen LogP contribution is 2.25. The molecule has 3 unspecified atom stereocenters. The molecular weight excluding hydrogens is 264 g/mol. The molecule has 1 amide bonds. The summed E-state index contributed by atoms with van der Waals surface area (Å²) >= 11 is 0. The molecule has 19 heavy (non-hydrogen) atoms. The first-order chi connectivity index (χ1) is 8.83. The summed E-state index contributed by atoms with van der Waals surface area (Å²) in [6, 6.07) is 0.673. The van der Waals surface area contributed by atoms with Gasteiger partial charge in [0.25, 0.3) is 0 Å². The van der Waals surface area contributed by atoms with Crippen molar-refractivity contribution in [2.24, 2.45) is 5.92 Å². The van der Waals surface area contributed by atoms with Gasteiger partial charge in [0.05, 0.1) is 6.10 Å². The fourth-order valence-electron chi connectivity index (χ4n) is 3.59. The van der Waals surface area contributed by atoms with E-state index in [1.807, 2.05) is 0 Å². The van der Waals surface area contributed by atoms with Crippen LogP contribution in [0.4, 0.5) is 0 Å². The minimum atomic E-state index is 0. The molecule has 4 nitrogen and oxygen atoms in total. The summed E-state index contributed by atoms with van der Waals surface area (Å²) in [6.07, 6.45) is 6.62. The van der Waals surface area contributed by atoms with E-state index < -0.39 is 0 Å². The molecule has 0 radical (unpaired) electrons. The van der Waals surface area contributed by atoms with E-state index >= 15 is 0 Å². The summed E-state index contributed by atoms with van der Waals surface area (Å²) < 4.78 is 5.58. The van der Waals surface area contributed by atoms with E-state index in [1.54, 1.807) is 0 Å². The van der Waals surface area contributed by atoms with Gasteiger partial charge in [-0.3, -0.25) is 4.79 Å². The maximum absolute atomic E-state index is 12.2. The first kappa shape index (κ1) is 15.1. The third-order valence-corrected chi connectivity index (χ3v) is 4.71. The summed E-state index contributed by atoms with van der Waals surface area (Å²) in [7, 11) is 0. The third kappa shape index (κ3) is 3.61. The molecule has 110 valence electrons. The Hall–Kier alpha value is -0.320. The lowest BCUT2D eigenvalue weighted by atomic mass is 9.93. The second-order valence-corrected chi connectivity index (χ2v) is 5.91. The smallest absolute Gasteiger partial charge is 0.222 e. The molecule has 0 aliphatic carbocycles. The van der Waals surface area contributed by atoms with Gasteiger partial charge < -0.3 is 15.0 Å². The van der Waals surface area contributed by atoms with Gasteiger partial charge in [-0.1, -0.05) is 0 Å². The van der Waals surface area contributed by atoms with E-state index in [-0.39, 0.29) is 12.4 Å². The molecule has 3 aliphatic heterocycles. The molecule has 0 saturated carbocycles. The number of piperidine rings is 1. The highest BCUT2D eigenvalue weighted by atomic mass is 35.5. The van der Waals surface area contributed by atoms with Crippen molar-refractivity contribution in [1.82, 2.24) is 10.2 Å². The van der Waals surface area contributed by atoms with Crippen molar-refractivity contribution < 1.29 is 9.53 Å². The highest BCUT2D eigenvalue weighted by molar-refractivity contribution is 5.85. The zero-order valence-corrected chi connectivity index (χ0v) is 12.3. The average Bonchev–Trinajstić information content (AvgIpc) is 3.05. The highest BCUT2D eigenvalue weighted by Gasteiger charge is 2.34. The van der Waals surface area contributed by atoms with Crippen molar-refractivity contribution in [1.29, 1.82) is 0 Å². The maximum Gasteiger partial charge on any atom is 0.222 e. The Balaban J connectivity index is 0.00000133. The molecule has 0 spiro atoms. The number of amides is 1. The molecular formula is C14H25ClN2O2. The molecule has 3 fully saturated rings. The minimum absolute atomic E-state index is 0. The SMILES string of the molecule is Cl.O=C(CCC1CCCO1)N1CCC2NCCC2C1. The predicted molar refractivity (Wildman–Crippen MR) is 76.6 cm³/mol. The number of rotatable bonds is 3. The van der Waals surface area contributed by atoms with Crippen LogP contribution in [-0.4, -0.2) is 49.2 Å². The van der Waals surface area contributed by atoms with Crippen LogP contribution in [0.5, 0.6) is 0 Å². The summed E-state index contributed by atoms with van der Waals surface area (Å²) in [4.78, 5) is 14.3. The largest absolute Gasteiger partial charge is 0.378 e. The zero-order chi connectivity index (χ0) is 12.4. The van der Waals surface area contributed by atoms with E-state index in [1.165, 1.54) is 6.42 Å². The Morgan fingerprint density at radius 2 is 2.21 bits per heavy atom. The lowest BCUT2D eigenvalue weighted by Gasteiger charge is -2.35. The first-order valence-corrected chi connectivity index (χ1v) is 7.45. The van der Waals surface area contributed by atoms with E-state index in [4.69, 9.17) is 4.74 Å². The van der Waals surface area contributed by atoms with Crippen molar-refractivity contribution in [2.45, 2.75) is 50.7 Å². The van der Waals surface area contributed by atoms with E-state index in [0.717, 1.165) is 51.9 Å². The Morgan fingerprint density at radius 1 is 1.32 bits per heavy atom. The maximum atomic E-state index is 12.2. The zero-order valence-electron chi connectivity index (χ0n) is 11.5. The molecule has 3 rings (SSSR count). The van der Waals surface area contributed by atoms with Gasteiger partial charge in [0.15, 0.2) is 0 Å². The molecule has 3 heterocycles. The number of hydrogen-bond acceptors (Lipinski definition) is 3. The number of ether oxygens (including phenoxy) is 1. The van der Waals surface area contributed by atoms with Crippen LogP contribution in [0.1, 0.15) is 38.5 Å². The molecule has 3 atom stereocenters. The van der Waals surface area contributed by atoms with Crippen LogP contribution in [0.2, 0.25) is 0 Å². The van der Waals surface area contributed by atoms with Gasteiger partial charge in [-0.25, -0.2) is 0 Å². The Bertz CT molecular complexity index is 308. The van der Waals surface area contributed by atoms with Crippen LogP contribution in [0.3, 0.4) is 0 Å². The lowest BCUT2D eigenvalue weighted by molar-refractivity contribution is -0.133. The standard InChI is InChI=1S/C14H24N2O2.ClH/c17-14(4-3-12-2-1-9-18-12)16-8-6-13-11(10-16)5-7-15-13;/h11-13,15H,1-10H2;1H. The Morgan fingerprint density at radius 3 is 3.00 bits per heavy atom. The van der Waals surface area contributed by atoms with Crippen LogP contribution in [0.15, 0.2) is 0 Å². The van der Waals surface area contributed by atoms with Gasteiger partial charge in [0.2, 0.25) is 5.91 Å². The van der Waals surface area contributed by atoms with E-state index in [2.05, 4.69) is 10.2 Å². The third-order valence-electron chi connectivity index (χ3n) is 4.71. The van der Waals surface area contributed by atoms with Crippen molar-refractivity contribution in [3.63, 3.8) is 0 Å². The number of carbonyl (C=O) groups excluding carboxylic acids is 1. The predicted octanol–water partition coefficient (Wildman–Crippen LogP) is 1.58. The van der Waals surface area contributed by atoms with Crippen LogP contribution < -0.4 is 5.32 Å². The van der Waals surface area contributed by atoms with Gasteiger partial charge >= 0.3 is 0 Å². The monoisotopic (exact) mass is 288 g/mol. The number of likely N-dealkylation sites (tertiary alicyclic amines) is 1. The van der Waals surface area contributed by atoms with Gasteiger partial charge in [0.1, 0.15) is 0 Å². The normalized spacial score (nSPS) is 33.9. The number of nitrogens with zero attached hydrogens (tertiary/aromatic N) is 1. The topological polar surface area (TPSA) is 41.6 Å². The van der Waals surface area contributed by atoms with Gasteiger partial charge in [-0.05, 0) is 44.6 Å². The summed E-state index contributed by atoms with van der Waals surface area (Å²) in [6.45, 7) is 3.94. The first-order valence-electron chi connectivity index (χ1n) is 7.45. The summed E-state index contributed by atoms with van der Waals surface area (Å²) in [5.74, 6) is 1.04. The number of nitrogens with one attached hydrogen (secondary N) is 1. The lowest BCUT2D eigenvalue weighted by Crippen LogP contribution is -2.46. The van der Waals surface area contributed by atoms with Crippen molar-refractivity contribution >= 4 is 18.3 Å². The van der Waals surface area contributed by atoms with Crippen LogP contribution in [0, 0.1) is 5.92 Å². The summed E-state index contributed by atoms with van der Waals surface area (Å²) in [5.41, 5.74) is 0. The molecule has 5 heteroatoms.